The number of carbonyl (C=O) groups is 2. The van der Waals surface area contributed by atoms with Gasteiger partial charge in [-0.3, -0.25) is 9.59 Å². The van der Waals surface area contributed by atoms with Crippen molar-refractivity contribution in [2.45, 2.75) is 38.0 Å². The Balaban J connectivity index is 1.65. The molecule has 0 saturated carbocycles. The lowest BCUT2D eigenvalue weighted by Crippen LogP contribution is -2.50. The number of aliphatic hydroxyl groups is 2. The SMILES string of the molecule is O=C(NCc1ccc(-c2ccccc2OC(F)(F)F)c[n+]1[O-])[C@H](O)[C@@H](O)C(=O)N1CCCC1. The Labute approximate surface area is 186 Å². The summed E-state index contributed by atoms with van der Waals surface area (Å²) in [6, 6.07) is 7.96. The van der Waals surface area contributed by atoms with Crippen molar-refractivity contribution in [2.24, 2.45) is 0 Å². The van der Waals surface area contributed by atoms with Crippen LogP contribution in [-0.4, -0.2) is 58.6 Å². The summed E-state index contributed by atoms with van der Waals surface area (Å²) >= 11 is 0. The third-order valence-corrected chi connectivity index (χ3v) is 5.10. The molecular formula is C21H22F3N3O6. The lowest BCUT2D eigenvalue weighted by atomic mass is 10.1. The molecule has 1 aromatic heterocycles. The zero-order valence-corrected chi connectivity index (χ0v) is 17.3. The summed E-state index contributed by atoms with van der Waals surface area (Å²) in [5.74, 6) is -2.29. The minimum Gasteiger partial charge on any atom is -0.618 e. The number of benzene rings is 1. The second-order valence-electron chi connectivity index (χ2n) is 7.42. The summed E-state index contributed by atoms with van der Waals surface area (Å²) in [4.78, 5) is 25.6. The average molecular weight is 469 g/mol. The number of halogens is 3. The van der Waals surface area contributed by atoms with E-state index in [2.05, 4.69) is 10.1 Å². The van der Waals surface area contributed by atoms with E-state index in [0.717, 1.165) is 25.1 Å². The molecule has 0 unspecified atom stereocenters. The zero-order chi connectivity index (χ0) is 24.2. The highest BCUT2D eigenvalue weighted by molar-refractivity contribution is 5.90. The van der Waals surface area contributed by atoms with Crippen LogP contribution in [0.1, 0.15) is 18.5 Å². The van der Waals surface area contributed by atoms with Crippen LogP contribution in [0, 0.1) is 5.21 Å². The maximum atomic E-state index is 12.6. The second-order valence-corrected chi connectivity index (χ2v) is 7.42. The molecule has 3 N–H and O–H groups in total. The summed E-state index contributed by atoms with van der Waals surface area (Å²) in [6.07, 6.45) is -6.31. The van der Waals surface area contributed by atoms with Gasteiger partial charge in [-0.05, 0) is 25.0 Å². The van der Waals surface area contributed by atoms with Gasteiger partial charge in [0.05, 0.1) is 5.56 Å². The minimum atomic E-state index is -4.91. The van der Waals surface area contributed by atoms with Gasteiger partial charge in [0, 0.05) is 24.7 Å². The number of hydrogen-bond acceptors (Lipinski definition) is 6. The number of carbonyl (C=O) groups excluding carboxylic acids is 2. The largest absolute Gasteiger partial charge is 0.618 e. The number of aliphatic hydroxyl groups excluding tert-OH is 2. The Hall–Kier alpha value is -3.38. The van der Waals surface area contributed by atoms with Crippen LogP contribution in [0.4, 0.5) is 13.2 Å². The highest BCUT2D eigenvalue weighted by Gasteiger charge is 2.34. The minimum absolute atomic E-state index is 0.00822. The molecule has 2 aromatic rings. The number of aromatic nitrogens is 1. The Morgan fingerprint density at radius 3 is 2.42 bits per heavy atom. The molecule has 2 heterocycles. The van der Waals surface area contributed by atoms with Gasteiger partial charge in [0.1, 0.15) is 12.3 Å². The number of hydrogen-bond donors (Lipinski definition) is 3. The molecule has 3 rings (SSSR count). The van der Waals surface area contributed by atoms with Crippen molar-refractivity contribution < 1.29 is 42.4 Å². The second kappa shape index (κ2) is 10.0. The fourth-order valence-corrected chi connectivity index (χ4v) is 3.41. The first-order chi connectivity index (χ1) is 15.6. The number of nitrogens with zero attached hydrogens (tertiary/aromatic N) is 2. The lowest BCUT2D eigenvalue weighted by molar-refractivity contribution is -0.613. The summed E-state index contributed by atoms with van der Waals surface area (Å²) < 4.78 is 42.2. The summed E-state index contributed by atoms with van der Waals surface area (Å²) in [5, 5.41) is 34.5. The lowest BCUT2D eigenvalue weighted by Gasteiger charge is -2.22. The van der Waals surface area contributed by atoms with E-state index >= 15 is 0 Å². The molecule has 178 valence electrons. The fourth-order valence-electron chi connectivity index (χ4n) is 3.41. The predicted octanol–water partition coefficient (Wildman–Crippen LogP) is 0.846. The molecule has 2 amide bonds. The standard InChI is InChI=1S/C21H22F3N3O6/c22-21(23,24)33-16-6-2-1-5-15(16)13-7-8-14(27(32)12-13)11-25-19(30)17(28)18(29)20(31)26-9-3-4-10-26/h1-2,5-8,12,17-18,28-29H,3-4,9-11H2,(H,25,30)/t17-,18-/m1/s1. The van der Waals surface area contributed by atoms with E-state index in [1.807, 2.05) is 0 Å². The summed E-state index contributed by atoms with van der Waals surface area (Å²) in [7, 11) is 0. The highest BCUT2D eigenvalue weighted by Crippen LogP contribution is 2.33. The van der Waals surface area contributed by atoms with Crippen LogP contribution in [-0.2, 0) is 16.1 Å². The summed E-state index contributed by atoms with van der Waals surface area (Å²) in [6.45, 7) is 0.513. The molecule has 1 aliphatic heterocycles. The summed E-state index contributed by atoms with van der Waals surface area (Å²) in [5.41, 5.74) is 0.189. The molecule has 33 heavy (non-hydrogen) atoms. The molecule has 1 aromatic carbocycles. The first-order valence-electron chi connectivity index (χ1n) is 10.1. The number of para-hydroxylation sites is 1. The first-order valence-corrected chi connectivity index (χ1v) is 10.1. The maximum Gasteiger partial charge on any atom is 0.573 e. The van der Waals surface area contributed by atoms with Gasteiger partial charge in [-0.15, -0.1) is 13.2 Å². The van der Waals surface area contributed by atoms with E-state index < -0.39 is 36.1 Å². The smallest absolute Gasteiger partial charge is 0.573 e. The number of likely N-dealkylation sites (tertiary alicyclic amines) is 1. The number of alkyl halides is 3. The molecule has 1 fully saturated rings. The molecular weight excluding hydrogens is 447 g/mol. The Kier molecular flexibility index (Phi) is 7.39. The highest BCUT2D eigenvalue weighted by atomic mass is 19.4. The Bertz CT molecular complexity index is 1010. The molecule has 0 aliphatic carbocycles. The van der Waals surface area contributed by atoms with Crippen molar-refractivity contribution in [1.82, 2.24) is 10.2 Å². The average Bonchev–Trinajstić information content (AvgIpc) is 3.30. The number of pyridine rings is 1. The Morgan fingerprint density at radius 2 is 1.79 bits per heavy atom. The fraction of sp³-hybridized carbons (Fsp3) is 0.381. The van der Waals surface area contributed by atoms with Crippen LogP contribution in [0.25, 0.3) is 11.1 Å². The van der Waals surface area contributed by atoms with Gasteiger partial charge < -0.3 is 30.4 Å². The molecule has 12 heteroatoms. The van der Waals surface area contributed by atoms with Crippen LogP contribution in [0.2, 0.25) is 0 Å². The van der Waals surface area contributed by atoms with Gasteiger partial charge in [-0.1, -0.05) is 18.2 Å². The third-order valence-electron chi connectivity index (χ3n) is 5.10. The van der Waals surface area contributed by atoms with Crippen LogP contribution in [0.5, 0.6) is 5.75 Å². The van der Waals surface area contributed by atoms with E-state index in [0.29, 0.717) is 17.8 Å². The topological polar surface area (TPSA) is 126 Å². The van der Waals surface area contributed by atoms with Crippen molar-refractivity contribution in [3.8, 4) is 16.9 Å². The van der Waals surface area contributed by atoms with Crippen molar-refractivity contribution in [1.29, 1.82) is 0 Å². The van der Waals surface area contributed by atoms with Crippen LogP contribution in [0.3, 0.4) is 0 Å². The Morgan fingerprint density at radius 1 is 1.12 bits per heavy atom. The van der Waals surface area contributed by atoms with Gasteiger partial charge in [-0.25, -0.2) is 0 Å². The predicted molar refractivity (Wildman–Crippen MR) is 107 cm³/mol. The van der Waals surface area contributed by atoms with Gasteiger partial charge in [-0.2, -0.15) is 4.73 Å². The normalized spacial score (nSPS) is 15.7. The van der Waals surface area contributed by atoms with Crippen molar-refractivity contribution >= 4 is 11.8 Å². The zero-order valence-electron chi connectivity index (χ0n) is 17.3. The van der Waals surface area contributed by atoms with E-state index in [1.54, 1.807) is 0 Å². The number of nitrogens with one attached hydrogen (secondary N) is 1. The van der Waals surface area contributed by atoms with Gasteiger partial charge in [0.2, 0.25) is 5.69 Å². The number of amides is 2. The van der Waals surface area contributed by atoms with Gasteiger partial charge >= 0.3 is 6.36 Å². The molecule has 0 bridgehead atoms. The maximum absolute atomic E-state index is 12.6. The molecule has 2 atom stereocenters. The van der Waals surface area contributed by atoms with Crippen molar-refractivity contribution in [3.63, 3.8) is 0 Å². The monoisotopic (exact) mass is 469 g/mol. The first kappa shape index (κ1) is 24.3. The van der Waals surface area contributed by atoms with Crippen LogP contribution in [0.15, 0.2) is 42.6 Å². The third kappa shape index (κ3) is 6.11. The van der Waals surface area contributed by atoms with E-state index in [4.69, 9.17) is 0 Å². The number of ether oxygens (including phenoxy) is 1. The van der Waals surface area contributed by atoms with Gasteiger partial charge in [0.15, 0.2) is 18.4 Å². The quantitative estimate of drug-likeness (QED) is 0.408. The van der Waals surface area contributed by atoms with Crippen LogP contribution >= 0.6 is 0 Å². The molecule has 1 saturated heterocycles. The number of rotatable bonds is 7. The van der Waals surface area contributed by atoms with Crippen LogP contribution < -0.4 is 14.8 Å². The van der Waals surface area contributed by atoms with E-state index in [1.165, 1.54) is 35.2 Å². The molecule has 1 aliphatic rings. The molecule has 0 spiro atoms. The van der Waals surface area contributed by atoms with Crippen molar-refractivity contribution in [3.05, 3.63) is 53.5 Å². The van der Waals surface area contributed by atoms with E-state index in [9.17, 15) is 38.2 Å². The van der Waals surface area contributed by atoms with Gasteiger partial charge in [0.25, 0.3) is 11.8 Å². The molecule has 0 radical (unpaired) electrons. The van der Waals surface area contributed by atoms with Crippen molar-refractivity contribution in [2.75, 3.05) is 13.1 Å². The molecule has 9 nitrogen and oxygen atoms in total. The van der Waals surface area contributed by atoms with E-state index in [-0.39, 0.29) is 23.4 Å².